The number of guanidine groups is 1. The molecule has 9 nitrogen and oxygen atoms in total. The maximum absolute atomic E-state index is 13.1. The highest BCUT2D eigenvalue weighted by Gasteiger charge is 2.30. The van der Waals surface area contributed by atoms with Gasteiger partial charge in [-0.2, -0.15) is 9.98 Å². The number of aromatic nitrogens is 1. The molecule has 1 unspecified atom stereocenters. The molecule has 170 valence electrons. The molecule has 0 radical (unpaired) electrons. The van der Waals surface area contributed by atoms with Crippen LogP contribution in [-0.2, 0) is 4.79 Å². The highest BCUT2D eigenvalue weighted by molar-refractivity contribution is 6.21. The number of allylic oxidation sites excluding steroid dienone is 3. The normalized spacial score (nSPS) is 20.1. The molecule has 2 aliphatic heterocycles. The van der Waals surface area contributed by atoms with Gasteiger partial charge in [-0.1, -0.05) is 25.2 Å². The van der Waals surface area contributed by atoms with Crippen molar-refractivity contribution in [3.05, 3.63) is 48.1 Å². The molecule has 0 spiro atoms. The van der Waals surface area contributed by atoms with Crippen molar-refractivity contribution in [2.24, 2.45) is 15.9 Å². The molecular formula is C24H26N6O3. The summed E-state index contributed by atoms with van der Waals surface area (Å²) in [5, 5.41) is 0. The summed E-state index contributed by atoms with van der Waals surface area (Å²) < 4.78 is 5.87. The monoisotopic (exact) mass is 446 g/mol. The maximum Gasteiger partial charge on any atom is 0.298 e. The number of amides is 2. The topological polar surface area (TPSA) is 94.6 Å². The van der Waals surface area contributed by atoms with Gasteiger partial charge in [-0.05, 0) is 30.7 Å². The predicted molar refractivity (Wildman–Crippen MR) is 127 cm³/mol. The first-order valence-electron chi connectivity index (χ1n) is 11.3. The summed E-state index contributed by atoms with van der Waals surface area (Å²) >= 11 is 0. The minimum Gasteiger partial charge on any atom is -0.423 e. The number of carbonyl (C=O) groups excluding carboxylic acids is 2. The second-order valence-electron chi connectivity index (χ2n) is 8.39. The number of hydrogen-bond acceptors (Lipinski definition) is 7. The molecule has 2 aromatic rings. The van der Waals surface area contributed by atoms with Gasteiger partial charge in [-0.3, -0.25) is 9.59 Å². The Morgan fingerprint density at radius 2 is 2.00 bits per heavy atom. The number of aliphatic imine (C=N–C) groups is 2. The molecule has 9 heteroatoms. The van der Waals surface area contributed by atoms with Crippen LogP contribution in [0.3, 0.4) is 0 Å². The Bertz CT molecular complexity index is 1220. The van der Waals surface area contributed by atoms with Gasteiger partial charge in [0.25, 0.3) is 17.8 Å². The highest BCUT2D eigenvalue weighted by Crippen LogP contribution is 2.24. The summed E-state index contributed by atoms with van der Waals surface area (Å²) in [7, 11) is 1.94. The first-order valence-corrected chi connectivity index (χ1v) is 11.3. The van der Waals surface area contributed by atoms with Gasteiger partial charge in [0.1, 0.15) is 11.4 Å². The zero-order valence-corrected chi connectivity index (χ0v) is 18.8. The van der Waals surface area contributed by atoms with E-state index in [4.69, 9.17) is 4.42 Å². The Morgan fingerprint density at radius 3 is 2.79 bits per heavy atom. The third kappa shape index (κ3) is 4.06. The van der Waals surface area contributed by atoms with Crippen LogP contribution >= 0.6 is 0 Å². The van der Waals surface area contributed by atoms with Crippen molar-refractivity contribution in [3.8, 4) is 0 Å². The van der Waals surface area contributed by atoms with Crippen molar-refractivity contribution in [2.45, 2.75) is 13.3 Å². The van der Waals surface area contributed by atoms with Crippen LogP contribution in [0.25, 0.3) is 11.1 Å². The van der Waals surface area contributed by atoms with Crippen molar-refractivity contribution >= 4 is 40.6 Å². The fourth-order valence-corrected chi connectivity index (χ4v) is 4.23. The Morgan fingerprint density at radius 1 is 1.18 bits per heavy atom. The van der Waals surface area contributed by atoms with Crippen molar-refractivity contribution in [3.63, 3.8) is 0 Å². The molecule has 0 bridgehead atoms. The van der Waals surface area contributed by atoms with Gasteiger partial charge in [-0.15, -0.1) is 0 Å². The van der Waals surface area contributed by atoms with E-state index in [1.54, 1.807) is 12.1 Å². The number of anilines is 1. The summed E-state index contributed by atoms with van der Waals surface area (Å²) in [5.41, 5.74) is 2.63. The van der Waals surface area contributed by atoms with Crippen LogP contribution < -0.4 is 4.90 Å². The number of piperazine rings is 1. The van der Waals surface area contributed by atoms with Gasteiger partial charge in [-0.25, -0.2) is 4.99 Å². The Kier molecular flexibility index (Phi) is 5.53. The zero-order chi connectivity index (χ0) is 22.9. The Hall–Kier alpha value is -3.75. The summed E-state index contributed by atoms with van der Waals surface area (Å²) in [6, 6.07) is 5.94. The lowest BCUT2D eigenvalue weighted by molar-refractivity contribution is -0.118. The summed E-state index contributed by atoms with van der Waals surface area (Å²) in [6.07, 6.45) is 8.37. The number of rotatable bonds is 4. The molecule has 1 aromatic carbocycles. The molecule has 1 aromatic heterocycles. The van der Waals surface area contributed by atoms with Crippen LogP contribution in [0.2, 0.25) is 0 Å². The Labute approximate surface area is 191 Å². The van der Waals surface area contributed by atoms with E-state index in [1.165, 1.54) is 0 Å². The highest BCUT2D eigenvalue weighted by atomic mass is 16.4. The van der Waals surface area contributed by atoms with Gasteiger partial charge in [0.05, 0.1) is 5.71 Å². The zero-order valence-electron chi connectivity index (χ0n) is 18.8. The van der Waals surface area contributed by atoms with Crippen LogP contribution in [0.4, 0.5) is 6.01 Å². The summed E-state index contributed by atoms with van der Waals surface area (Å²) in [5.74, 6) is -0.191. The molecular weight excluding hydrogens is 420 g/mol. The van der Waals surface area contributed by atoms with Gasteiger partial charge in [0, 0.05) is 45.3 Å². The maximum atomic E-state index is 13.1. The van der Waals surface area contributed by atoms with Crippen LogP contribution in [0.5, 0.6) is 0 Å². The molecule has 5 rings (SSSR count). The first-order chi connectivity index (χ1) is 16.0. The lowest BCUT2D eigenvalue weighted by Gasteiger charge is -2.36. The Balaban J connectivity index is 1.26. The molecule has 2 amide bonds. The molecule has 0 saturated carbocycles. The summed E-state index contributed by atoms with van der Waals surface area (Å²) in [6.45, 7) is 5.12. The van der Waals surface area contributed by atoms with E-state index in [-0.39, 0.29) is 17.7 Å². The third-order valence-corrected chi connectivity index (χ3v) is 6.07. The van der Waals surface area contributed by atoms with Gasteiger partial charge in [0.2, 0.25) is 5.96 Å². The average Bonchev–Trinajstić information content (AvgIpc) is 3.27. The average molecular weight is 447 g/mol. The fraction of sp³-hybridized carbons (Fsp3) is 0.375. The minimum atomic E-state index is -0.380. The number of benzene rings is 1. The second kappa shape index (κ2) is 8.65. The van der Waals surface area contributed by atoms with E-state index in [0.717, 1.165) is 24.2 Å². The predicted octanol–water partition coefficient (Wildman–Crippen LogP) is 2.51. The van der Waals surface area contributed by atoms with Crippen molar-refractivity contribution in [1.29, 1.82) is 0 Å². The van der Waals surface area contributed by atoms with Crippen molar-refractivity contribution in [1.82, 2.24) is 14.8 Å². The molecule has 1 saturated heterocycles. The quantitative estimate of drug-likeness (QED) is 0.716. The fourth-order valence-electron chi connectivity index (χ4n) is 4.23. The van der Waals surface area contributed by atoms with E-state index < -0.39 is 0 Å². The SMILES string of the molecule is CCCN(C)c1nc2ccc(C(=O)N3CCN(C4=NC(=O)C5C=CC=CC5=N4)CC3)cc2o1. The number of oxazole rings is 1. The van der Waals surface area contributed by atoms with E-state index >= 15 is 0 Å². The van der Waals surface area contributed by atoms with Crippen LogP contribution in [0.1, 0.15) is 23.7 Å². The minimum absolute atomic E-state index is 0.0511. The van der Waals surface area contributed by atoms with Crippen LogP contribution in [0, 0.1) is 5.92 Å². The third-order valence-electron chi connectivity index (χ3n) is 6.07. The lowest BCUT2D eigenvalue weighted by Crippen LogP contribution is -2.51. The van der Waals surface area contributed by atoms with Crippen LogP contribution in [-0.4, -0.2) is 78.0 Å². The van der Waals surface area contributed by atoms with Gasteiger partial charge in [0.15, 0.2) is 5.58 Å². The first kappa shape index (κ1) is 21.1. The molecule has 1 fully saturated rings. The van der Waals surface area contributed by atoms with E-state index in [0.29, 0.717) is 49.3 Å². The second-order valence-corrected chi connectivity index (χ2v) is 8.39. The van der Waals surface area contributed by atoms with Gasteiger partial charge >= 0.3 is 0 Å². The summed E-state index contributed by atoms with van der Waals surface area (Å²) in [4.78, 5) is 44.5. The molecule has 33 heavy (non-hydrogen) atoms. The van der Waals surface area contributed by atoms with Gasteiger partial charge < -0.3 is 19.1 Å². The molecule has 1 atom stereocenters. The number of carbonyl (C=O) groups is 2. The van der Waals surface area contributed by atoms with Crippen molar-refractivity contribution < 1.29 is 14.0 Å². The van der Waals surface area contributed by atoms with E-state index in [1.807, 2.05) is 52.1 Å². The standard InChI is InChI=1S/C24H26N6O3/c1-3-10-28(2)24-26-19-9-8-16(15-20(19)33-24)22(32)29-11-13-30(14-12-29)23-25-18-7-5-4-6-17(18)21(31)27-23/h4-9,15,17H,3,10-14H2,1-2H3. The van der Waals surface area contributed by atoms with Crippen molar-refractivity contribution in [2.75, 3.05) is 44.7 Å². The molecule has 1 aliphatic carbocycles. The van der Waals surface area contributed by atoms with E-state index in [9.17, 15) is 9.59 Å². The molecule has 0 N–H and O–H groups in total. The molecule has 3 heterocycles. The molecule has 3 aliphatic rings. The number of nitrogens with zero attached hydrogens (tertiary/aromatic N) is 6. The number of fused-ring (bicyclic) bond motifs is 2. The largest absolute Gasteiger partial charge is 0.423 e. The lowest BCUT2D eigenvalue weighted by atomic mass is 9.97. The smallest absolute Gasteiger partial charge is 0.298 e. The van der Waals surface area contributed by atoms with E-state index in [2.05, 4.69) is 21.9 Å². The number of hydrogen-bond donors (Lipinski definition) is 0. The van der Waals surface area contributed by atoms with Crippen LogP contribution in [0.15, 0.2) is 56.9 Å².